The fraction of sp³-hybridized carbons (Fsp3) is 0.417. The van der Waals surface area contributed by atoms with Gasteiger partial charge < -0.3 is 11.1 Å². The summed E-state index contributed by atoms with van der Waals surface area (Å²) in [4.78, 5) is 11.6. The zero-order valence-corrected chi connectivity index (χ0v) is 11.1. The van der Waals surface area contributed by atoms with Crippen LogP contribution in [0.1, 0.15) is 31.9 Å². The van der Waals surface area contributed by atoms with Crippen molar-refractivity contribution in [2.75, 3.05) is 0 Å². The Morgan fingerprint density at radius 2 is 2.00 bits per heavy atom. The molecule has 2 unspecified atom stereocenters. The van der Waals surface area contributed by atoms with Crippen LogP contribution < -0.4 is 11.1 Å². The first-order chi connectivity index (χ1) is 7.54. The maximum Gasteiger partial charge on any atom is 0.237 e. The van der Waals surface area contributed by atoms with E-state index >= 15 is 0 Å². The van der Waals surface area contributed by atoms with E-state index in [1.54, 1.807) is 0 Å². The molecule has 0 radical (unpaired) electrons. The molecular formula is C12H17BrN2O. The summed E-state index contributed by atoms with van der Waals surface area (Å²) in [5, 5.41) is 2.89. The Bertz CT molecular complexity index is 351. The quantitative estimate of drug-likeness (QED) is 0.892. The minimum atomic E-state index is -0.419. The summed E-state index contributed by atoms with van der Waals surface area (Å²) >= 11 is 3.37. The standard InChI is InChI=1S/C12H17BrN2O/c1-3-11(14)12(16)15-8(2)9-4-6-10(13)7-5-9/h4-8,11H,3,14H2,1-2H3,(H,15,16). The molecule has 0 fully saturated rings. The SMILES string of the molecule is CCC(N)C(=O)NC(C)c1ccc(Br)cc1. The van der Waals surface area contributed by atoms with Gasteiger partial charge in [-0.3, -0.25) is 4.79 Å². The Hall–Kier alpha value is -0.870. The molecule has 0 aliphatic carbocycles. The van der Waals surface area contributed by atoms with E-state index in [2.05, 4.69) is 21.2 Å². The average molecular weight is 285 g/mol. The molecule has 0 saturated carbocycles. The molecule has 4 heteroatoms. The number of hydrogen-bond donors (Lipinski definition) is 2. The van der Waals surface area contributed by atoms with Gasteiger partial charge in [-0.25, -0.2) is 0 Å². The molecule has 0 spiro atoms. The van der Waals surface area contributed by atoms with Crippen LogP contribution in [0.15, 0.2) is 28.7 Å². The average Bonchev–Trinajstić information content (AvgIpc) is 2.28. The highest BCUT2D eigenvalue weighted by Gasteiger charge is 2.14. The van der Waals surface area contributed by atoms with Gasteiger partial charge in [0.15, 0.2) is 0 Å². The first-order valence-electron chi connectivity index (χ1n) is 5.36. The monoisotopic (exact) mass is 284 g/mol. The van der Waals surface area contributed by atoms with E-state index in [1.165, 1.54) is 0 Å². The molecule has 1 aromatic carbocycles. The van der Waals surface area contributed by atoms with Gasteiger partial charge in [0.25, 0.3) is 0 Å². The summed E-state index contributed by atoms with van der Waals surface area (Å²) in [5.74, 6) is -0.0991. The molecule has 0 aliphatic rings. The summed E-state index contributed by atoms with van der Waals surface area (Å²) in [6.07, 6.45) is 0.652. The van der Waals surface area contributed by atoms with Gasteiger partial charge in [0.2, 0.25) is 5.91 Å². The zero-order chi connectivity index (χ0) is 12.1. The minimum absolute atomic E-state index is 0.0156. The van der Waals surface area contributed by atoms with E-state index in [9.17, 15) is 4.79 Å². The molecule has 0 bridgehead atoms. The number of nitrogens with one attached hydrogen (secondary N) is 1. The van der Waals surface area contributed by atoms with E-state index in [-0.39, 0.29) is 11.9 Å². The second-order valence-electron chi connectivity index (χ2n) is 3.80. The number of rotatable bonds is 4. The lowest BCUT2D eigenvalue weighted by atomic mass is 10.1. The third-order valence-corrected chi connectivity index (χ3v) is 3.03. The van der Waals surface area contributed by atoms with Gasteiger partial charge in [-0.05, 0) is 31.0 Å². The van der Waals surface area contributed by atoms with Crippen molar-refractivity contribution in [3.63, 3.8) is 0 Å². The van der Waals surface area contributed by atoms with E-state index in [1.807, 2.05) is 38.1 Å². The molecule has 1 rings (SSSR count). The number of halogens is 1. The molecule has 0 aromatic heterocycles. The fourth-order valence-electron chi connectivity index (χ4n) is 1.34. The van der Waals surface area contributed by atoms with Crippen molar-refractivity contribution in [3.05, 3.63) is 34.3 Å². The van der Waals surface area contributed by atoms with Crippen molar-refractivity contribution in [3.8, 4) is 0 Å². The largest absolute Gasteiger partial charge is 0.348 e. The maximum atomic E-state index is 11.6. The van der Waals surface area contributed by atoms with Gasteiger partial charge in [-0.2, -0.15) is 0 Å². The smallest absolute Gasteiger partial charge is 0.237 e. The number of nitrogens with two attached hydrogens (primary N) is 1. The number of carbonyl (C=O) groups is 1. The van der Waals surface area contributed by atoms with Crippen LogP contribution in [0.2, 0.25) is 0 Å². The Kier molecular flexibility index (Phi) is 4.96. The highest BCUT2D eigenvalue weighted by Crippen LogP contribution is 2.16. The Morgan fingerprint density at radius 3 is 2.50 bits per heavy atom. The molecule has 16 heavy (non-hydrogen) atoms. The van der Waals surface area contributed by atoms with Gasteiger partial charge in [-0.1, -0.05) is 35.0 Å². The Balaban J connectivity index is 2.62. The molecule has 1 amide bonds. The summed E-state index contributed by atoms with van der Waals surface area (Å²) < 4.78 is 1.03. The molecule has 3 N–H and O–H groups in total. The van der Waals surface area contributed by atoms with Gasteiger partial charge in [-0.15, -0.1) is 0 Å². The lowest BCUT2D eigenvalue weighted by Gasteiger charge is -2.17. The second-order valence-corrected chi connectivity index (χ2v) is 4.71. The third-order valence-electron chi connectivity index (χ3n) is 2.51. The van der Waals surface area contributed by atoms with Gasteiger partial charge in [0.05, 0.1) is 12.1 Å². The van der Waals surface area contributed by atoms with Crippen molar-refractivity contribution in [1.82, 2.24) is 5.32 Å². The molecule has 0 aliphatic heterocycles. The molecule has 1 aromatic rings. The fourth-order valence-corrected chi connectivity index (χ4v) is 1.60. The van der Waals surface area contributed by atoms with Crippen molar-refractivity contribution >= 4 is 21.8 Å². The molecule has 3 nitrogen and oxygen atoms in total. The topological polar surface area (TPSA) is 55.1 Å². The highest BCUT2D eigenvalue weighted by atomic mass is 79.9. The first-order valence-corrected chi connectivity index (χ1v) is 6.15. The van der Waals surface area contributed by atoms with Crippen molar-refractivity contribution in [2.45, 2.75) is 32.4 Å². The van der Waals surface area contributed by atoms with Crippen molar-refractivity contribution in [2.24, 2.45) is 5.73 Å². The summed E-state index contributed by atoms with van der Waals surface area (Å²) in [5.41, 5.74) is 6.72. The van der Waals surface area contributed by atoms with Gasteiger partial charge in [0.1, 0.15) is 0 Å². The van der Waals surface area contributed by atoms with E-state index in [0.717, 1.165) is 10.0 Å². The molecule has 88 valence electrons. The maximum absolute atomic E-state index is 11.6. The van der Waals surface area contributed by atoms with Gasteiger partial charge in [0, 0.05) is 4.47 Å². The van der Waals surface area contributed by atoms with Crippen LogP contribution in [0, 0.1) is 0 Å². The molecule has 0 heterocycles. The van der Waals surface area contributed by atoms with Crippen molar-refractivity contribution < 1.29 is 4.79 Å². The molecular weight excluding hydrogens is 268 g/mol. The van der Waals surface area contributed by atoms with Crippen LogP contribution in [-0.2, 0) is 4.79 Å². The van der Waals surface area contributed by atoms with E-state index < -0.39 is 6.04 Å². The highest BCUT2D eigenvalue weighted by molar-refractivity contribution is 9.10. The van der Waals surface area contributed by atoms with Crippen LogP contribution in [0.3, 0.4) is 0 Å². The minimum Gasteiger partial charge on any atom is -0.348 e. The second kappa shape index (κ2) is 6.01. The van der Waals surface area contributed by atoms with Crippen LogP contribution in [-0.4, -0.2) is 11.9 Å². The first kappa shape index (κ1) is 13.2. The molecule has 2 atom stereocenters. The lowest BCUT2D eigenvalue weighted by molar-refractivity contribution is -0.123. The van der Waals surface area contributed by atoms with Crippen LogP contribution in [0.4, 0.5) is 0 Å². The third kappa shape index (κ3) is 3.61. The van der Waals surface area contributed by atoms with Crippen LogP contribution >= 0.6 is 15.9 Å². The van der Waals surface area contributed by atoms with E-state index in [0.29, 0.717) is 6.42 Å². The number of hydrogen-bond acceptors (Lipinski definition) is 2. The normalized spacial score (nSPS) is 14.2. The van der Waals surface area contributed by atoms with Crippen LogP contribution in [0.25, 0.3) is 0 Å². The Morgan fingerprint density at radius 1 is 1.44 bits per heavy atom. The lowest BCUT2D eigenvalue weighted by Crippen LogP contribution is -2.41. The number of amides is 1. The van der Waals surface area contributed by atoms with Crippen molar-refractivity contribution in [1.29, 1.82) is 0 Å². The summed E-state index contributed by atoms with van der Waals surface area (Å²) in [6, 6.07) is 7.44. The summed E-state index contributed by atoms with van der Waals surface area (Å²) in [6.45, 7) is 3.85. The summed E-state index contributed by atoms with van der Waals surface area (Å²) in [7, 11) is 0. The van der Waals surface area contributed by atoms with Gasteiger partial charge >= 0.3 is 0 Å². The Labute approximate surface area is 105 Å². The number of carbonyl (C=O) groups excluding carboxylic acids is 1. The van der Waals surface area contributed by atoms with E-state index in [4.69, 9.17) is 5.73 Å². The predicted molar refractivity (Wildman–Crippen MR) is 69.0 cm³/mol. The number of benzene rings is 1. The zero-order valence-electron chi connectivity index (χ0n) is 9.53. The van der Waals surface area contributed by atoms with Crippen LogP contribution in [0.5, 0.6) is 0 Å². The molecule has 0 saturated heterocycles. The predicted octanol–water partition coefficient (Wildman–Crippen LogP) is 2.36.